The van der Waals surface area contributed by atoms with E-state index < -0.39 is 0 Å². The van der Waals surface area contributed by atoms with Crippen LogP contribution in [-0.2, 0) is 12.8 Å². The summed E-state index contributed by atoms with van der Waals surface area (Å²) in [6.45, 7) is 1.98. The highest BCUT2D eigenvalue weighted by Crippen LogP contribution is 2.34. The van der Waals surface area contributed by atoms with Gasteiger partial charge in [0.15, 0.2) is 0 Å². The van der Waals surface area contributed by atoms with E-state index in [9.17, 15) is 9.90 Å². The maximum Gasteiger partial charge on any atom is 0.268 e. The number of nitrogens with one attached hydrogen (secondary N) is 1. The first-order valence-corrected chi connectivity index (χ1v) is 11.1. The summed E-state index contributed by atoms with van der Waals surface area (Å²) in [5, 5.41) is 13.7. The van der Waals surface area contributed by atoms with Gasteiger partial charge in [-0.2, -0.15) is 0 Å². The van der Waals surface area contributed by atoms with E-state index in [1.807, 2.05) is 31.2 Å². The monoisotopic (exact) mass is 413 g/mol. The number of aliphatic hydroxyl groups is 1. The number of methoxy groups -OCH3 is 1. The molecule has 6 nitrogen and oxygen atoms in total. The van der Waals surface area contributed by atoms with Crippen LogP contribution < -0.4 is 15.6 Å². The SMILES string of the molecule is CC[C@H](CO)Nc1nc2sc3c(c2c(=O)n1-c1ccc(OC)cc1)CCCCC3. The fourth-order valence-corrected chi connectivity index (χ4v) is 5.16. The molecule has 1 aromatic carbocycles. The molecule has 0 aliphatic heterocycles. The van der Waals surface area contributed by atoms with Crippen molar-refractivity contribution < 1.29 is 9.84 Å². The van der Waals surface area contributed by atoms with Crippen LogP contribution in [0.25, 0.3) is 15.9 Å². The molecule has 0 radical (unpaired) electrons. The van der Waals surface area contributed by atoms with Crippen LogP contribution in [0.5, 0.6) is 5.75 Å². The predicted octanol–water partition coefficient (Wildman–Crippen LogP) is 3.91. The smallest absolute Gasteiger partial charge is 0.268 e. The Balaban J connectivity index is 1.94. The molecule has 0 fully saturated rings. The molecule has 2 aromatic heterocycles. The lowest BCUT2D eigenvalue weighted by molar-refractivity contribution is 0.271. The van der Waals surface area contributed by atoms with E-state index in [1.54, 1.807) is 23.0 Å². The molecule has 2 heterocycles. The number of anilines is 1. The van der Waals surface area contributed by atoms with Gasteiger partial charge < -0.3 is 15.2 Å². The molecule has 2 N–H and O–H groups in total. The molecule has 1 atom stereocenters. The number of hydrogen-bond donors (Lipinski definition) is 2. The molecule has 1 aliphatic carbocycles. The molecule has 0 unspecified atom stereocenters. The number of hydrogen-bond acceptors (Lipinski definition) is 6. The predicted molar refractivity (Wildman–Crippen MR) is 118 cm³/mol. The van der Waals surface area contributed by atoms with Crippen molar-refractivity contribution in [1.82, 2.24) is 9.55 Å². The molecule has 0 bridgehead atoms. The number of aryl methyl sites for hydroxylation is 2. The molecule has 0 spiro atoms. The Morgan fingerprint density at radius 1 is 1.24 bits per heavy atom. The fraction of sp³-hybridized carbons (Fsp3) is 0.455. The number of benzene rings is 1. The van der Waals surface area contributed by atoms with Crippen molar-refractivity contribution in [1.29, 1.82) is 0 Å². The van der Waals surface area contributed by atoms with E-state index in [-0.39, 0.29) is 18.2 Å². The number of rotatable bonds is 6. The highest BCUT2D eigenvalue weighted by Gasteiger charge is 2.23. The van der Waals surface area contributed by atoms with Gasteiger partial charge in [-0.15, -0.1) is 11.3 Å². The van der Waals surface area contributed by atoms with Crippen molar-refractivity contribution >= 4 is 27.5 Å². The van der Waals surface area contributed by atoms with Gasteiger partial charge in [-0.05, 0) is 61.9 Å². The summed E-state index contributed by atoms with van der Waals surface area (Å²) in [7, 11) is 1.62. The van der Waals surface area contributed by atoms with Crippen LogP contribution in [0.2, 0.25) is 0 Å². The minimum Gasteiger partial charge on any atom is -0.497 e. The molecule has 0 amide bonds. The van der Waals surface area contributed by atoms with Gasteiger partial charge in [0.1, 0.15) is 10.6 Å². The van der Waals surface area contributed by atoms with E-state index in [0.29, 0.717) is 5.95 Å². The average molecular weight is 414 g/mol. The summed E-state index contributed by atoms with van der Waals surface area (Å²) in [6, 6.07) is 7.25. The van der Waals surface area contributed by atoms with Gasteiger partial charge in [0, 0.05) is 4.88 Å². The Bertz CT molecular complexity index is 1050. The largest absolute Gasteiger partial charge is 0.497 e. The van der Waals surface area contributed by atoms with Gasteiger partial charge in [-0.1, -0.05) is 13.3 Å². The normalized spacial score (nSPS) is 15.0. The van der Waals surface area contributed by atoms with Gasteiger partial charge >= 0.3 is 0 Å². The molecule has 1 aliphatic rings. The first-order chi connectivity index (χ1) is 14.2. The second-order valence-electron chi connectivity index (χ2n) is 7.45. The van der Waals surface area contributed by atoms with E-state index in [0.717, 1.165) is 47.3 Å². The van der Waals surface area contributed by atoms with Crippen LogP contribution in [-0.4, -0.2) is 34.4 Å². The summed E-state index contributed by atoms with van der Waals surface area (Å²) >= 11 is 1.65. The Kier molecular flexibility index (Phi) is 5.87. The van der Waals surface area contributed by atoms with Crippen molar-refractivity contribution in [2.45, 2.75) is 51.5 Å². The van der Waals surface area contributed by atoms with Gasteiger partial charge in [-0.3, -0.25) is 4.79 Å². The third kappa shape index (κ3) is 3.76. The molecule has 29 heavy (non-hydrogen) atoms. The third-order valence-electron chi connectivity index (χ3n) is 5.62. The minimum absolute atomic E-state index is 0.0199. The molecule has 154 valence electrons. The third-order valence-corrected chi connectivity index (χ3v) is 6.80. The van der Waals surface area contributed by atoms with Crippen molar-refractivity contribution in [2.75, 3.05) is 19.0 Å². The second kappa shape index (κ2) is 8.55. The van der Waals surface area contributed by atoms with Crippen LogP contribution >= 0.6 is 11.3 Å². The average Bonchev–Trinajstić information content (AvgIpc) is 2.93. The highest BCUT2D eigenvalue weighted by molar-refractivity contribution is 7.18. The van der Waals surface area contributed by atoms with Crippen molar-refractivity contribution in [3.8, 4) is 11.4 Å². The molecule has 7 heteroatoms. The molecular formula is C22H27N3O3S. The molecule has 4 rings (SSSR count). The van der Waals surface area contributed by atoms with Crippen molar-refractivity contribution in [3.05, 3.63) is 45.1 Å². The Morgan fingerprint density at radius 2 is 2.00 bits per heavy atom. The van der Waals surface area contributed by atoms with Gasteiger partial charge in [0.25, 0.3) is 5.56 Å². The molecule has 0 saturated heterocycles. The van der Waals surface area contributed by atoms with Crippen molar-refractivity contribution in [2.24, 2.45) is 0 Å². The number of thiophene rings is 1. The number of aromatic nitrogens is 2. The molecule has 3 aromatic rings. The van der Waals surface area contributed by atoms with Crippen LogP contribution in [0.1, 0.15) is 43.0 Å². The standard InChI is InChI=1S/C22H27N3O3S/c1-3-14(13-26)23-22-24-20-19(17-7-5-4-6-8-18(17)29-20)21(27)25(22)15-9-11-16(28-2)12-10-15/h9-12,14,26H,3-8,13H2,1-2H3,(H,23,24)/t14-/m1/s1. The molecule has 0 saturated carbocycles. The summed E-state index contributed by atoms with van der Waals surface area (Å²) in [4.78, 5) is 20.7. The summed E-state index contributed by atoms with van der Waals surface area (Å²) in [5.74, 6) is 1.21. The zero-order chi connectivity index (χ0) is 20.4. The van der Waals surface area contributed by atoms with Crippen molar-refractivity contribution in [3.63, 3.8) is 0 Å². The first kappa shape index (κ1) is 19.9. The van der Waals surface area contributed by atoms with E-state index in [2.05, 4.69) is 5.32 Å². The van der Waals surface area contributed by atoms with Crippen LogP contribution in [0, 0.1) is 0 Å². The topological polar surface area (TPSA) is 76.4 Å². The van der Waals surface area contributed by atoms with Crippen LogP contribution in [0.15, 0.2) is 29.1 Å². The van der Waals surface area contributed by atoms with Gasteiger partial charge in [0.2, 0.25) is 5.95 Å². The Hall–Kier alpha value is -2.38. The first-order valence-electron chi connectivity index (χ1n) is 10.2. The van der Waals surface area contributed by atoms with Gasteiger partial charge in [-0.25, -0.2) is 9.55 Å². The van der Waals surface area contributed by atoms with E-state index >= 15 is 0 Å². The number of nitrogens with zero attached hydrogens (tertiary/aromatic N) is 2. The fourth-order valence-electron chi connectivity index (χ4n) is 3.91. The highest BCUT2D eigenvalue weighted by atomic mass is 32.1. The number of aliphatic hydroxyl groups excluding tert-OH is 1. The lowest BCUT2D eigenvalue weighted by atomic mass is 10.1. The maximum absolute atomic E-state index is 13.7. The lowest BCUT2D eigenvalue weighted by Gasteiger charge is -2.19. The lowest BCUT2D eigenvalue weighted by Crippen LogP contribution is -2.30. The maximum atomic E-state index is 13.7. The van der Waals surface area contributed by atoms with Crippen LogP contribution in [0.4, 0.5) is 5.95 Å². The minimum atomic E-state index is -0.165. The Morgan fingerprint density at radius 3 is 2.69 bits per heavy atom. The summed E-state index contributed by atoms with van der Waals surface area (Å²) in [5.41, 5.74) is 1.87. The van der Waals surface area contributed by atoms with Crippen LogP contribution in [0.3, 0.4) is 0 Å². The Labute approximate surface area is 174 Å². The van der Waals surface area contributed by atoms with Gasteiger partial charge in [0.05, 0.1) is 30.8 Å². The van der Waals surface area contributed by atoms with E-state index in [1.165, 1.54) is 23.3 Å². The zero-order valence-electron chi connectivity index (χ0n) is 16.9. The summed E-state index contributed by atoms with van der Waals surface area (Å²) < 4.78 is 6.90. The second-order valence-corrected chi connectivity index (χ2v) is 8.53. The van der Waals surface area contributed by atoms with E-state index in [4.69, 9.17) is 9.72 Å². The quantitative estimate of drug-likeness (QED) is 0.599. The number of ether oxygens (including phenoxy) is 1. The number of fused-ring (bicyclic) bond motifs is 3. The molecular weight excluding hydrogens is 386 g/mol. The zero-order valence-corrected chi connectivity index (χ0v) is 17.7. The summed E-state index contributed by atoms with van der Waals surface area (Å²) in [6.07, 6.45) is 6.18.